The van der Waals surface area contributed by atoms with Crippen LogP contribution in [0.25, 0.3) is 0 Å². The molecule has 2 aliphatic rings. The molecular weight excluding hydrogens is 392 g/mol. The van der Waals surface area contributed by atoms with E-state index in [2.05, 4.69) is 20.8 Å². The molecule has 0 aromatic heterocycles. The number of allylic oxidation sites excluding steroid dienone is 2. The summed E-state index contributed by atoms with van der Waals surface area (Å²) in [6, 6.07) is 14.1. The fourth-order valence-electron chi connectivity index (χ4n) is 4.84. The van der Waals surface area contributed by atoms with Crippen LogP contribution in [0.4, 0.5) is 11.4 Å². The van der Waals surface area contributed by atoms with E-state index < -0.39 is 4.92 Å². The third-order valence-corrected chi connectivity index (χ3v) is 6.26. The van der Waals surface area contributed by atoms with Crippen LogP contribution in [-0.4, -0.2) is 16.6 Å². The molecule has 1 amide bonds. The van der Waals surface area contributed by atoms with E-state index >= 15 is 0 Å². The van der Waals surface area contributed by atoms with Gasteiger partial charge in [0.25, 0.3) is 5.69 Å². The molecule has 0 radical (unpaired) electrons. The number of aryl methyl sites for hydroxylation is 1. The number of amides is 1. The second-order valence-corrected chi connectivity index (χ2v) is 9.12. The van der Waals surface area contributed by atoms with Gasteiger partial charge >= 0.3 is 0 Å². The first-order valence-electron chi connectivity index (χ1n) is 10.6. The summed E-state index contributed by atoms with van der Waals surface area (Å²) in [5.41, 5.74) is 3.88. The van der Waals surface area contributed by atoms with Gasteiger partial charge in [0.2, 0.25) is 5.91 Å². The standard InChI is InChI=1S/C25H26N2O4/c1-4-16-7-5-6-8-20(16)26-21-14-25(2,3)15-22(28)24(21)19(13-23(26)29)17-9-11-18(12-10-17)27(30)31/h5-12,19H,4,13-15H2,1-3H3. The number of rotatable bonds is 4. The predicted molar refractivity (Wildman–Crippen MR) is 119 cm³/mol. The zero-order valence-electron chi connectivity index (χ0n) is 18.1. The molecule has 0 spiro atoms. The zero-order valence-corrected chi connectivity index (χ0v) is 18.1. The van der Waals surface area contributed by atoms with Gasteiger partial charge in [0.1, 0.15) is 0 Å². The first kappa shape index (κ1) is 21.0. The van der Waals surface area contributed by atoms with Crippen molar-refractivity contribution in [2.75, 3.05) is 4.90 Å². The summed E-state index contributed by atoms with van der Waals surface area (Å²) in [7, 11) is 0. The highest BCUT2D eigenvalue weighted by molar-refractivity contribution is 6.08. The summed E-state index contributed by atoms with van der Waals surface area (Å²) < 4.78 is 0. The first-order valence-corrected chi connectivity index (χ1v) is 10.6. The van der Waals surface area contributed by atoms with Crippen LogP contribution in [0.2, 0.25) is 0 Å². The number of Topliss-reactive ketones (excluding diaryl/α,β-unsaturated/α-hetero) is 1. The van der Waals surface area contributed by atoms with Gasteiger partial charge in [-0.2, -0.15) is 0 Å². The largest absolute Gasteiger partial charge is 0.294 e. The van der Waals surface area contributed by atoms with Crippen LogP contribution in [0.3, 0.4) is 0 Å². The monoisotopic (exact) mass is 418 g/mol. The highest BCUT2D eigenvalue weighted by Crippen LogP contribution is 2.48. The molecule has 0 saturated heterocycles. The molecule has 1 heterocycles. The Morgan fingerprint density at radius 2 is 1.74 bits per heavy atom. The van der Waals surface area contributed by atoms with Gasteiger partial charge in [0.15, 0.2) is 5.78 Å². The molecule has 2 aromatic rings. The molecule has 0 N–H and O–H groups in total. The molecule has 6 nitrogen and oxygen atoms in total. The zero-order chi connectivity index (χ0) is 22.3. The van der Waals surface area contributed by atoms with Gasteiger partial charge < -0.3 is 0 Å². The Balaban J connectivity index is 1.88. The van der Waals surface area contributed by atoms with E-state index in [0.29, 0.717) is 18.4 Å². The van der Waals surface area contributed by atoms with Gasteiger partial charge in [-0.05, 0) is 35.4 Å². The molecule has 2 aromatic carbocycles. The average Bonchev–Trinajstić information content (AvgIpc) is 2.72. The molecule has 1 aliphatic carbocycles. The van der Waals surface area contributed by atoms with E-state index in [1.165, 1.54) is 12.1 Å². The lowest BCUT2D eigenvalue weighted by molar-refractivity contribution is -0.384. The number of non-ortho nitro benzene ring substituents is 1. The number of benzene rings is 2. The van der Waals surface area contributed by atoms with Crippen molar-refractivity contribution in [3.8, 4) is 0 Å². The Labute approximate surface area is 181 Å². The maximum atomic E-state index is 13.5. The summed E-state index contributed by atoms with van der Waals surface area (Å²) in [4.78, 5) is 39.1. The fraction of sp³-hybridized carbons (Fsp3) is 0.360. The molecule has 160 valence electrons. The van der Waals surface area contributed by atoms with Gasteiger partial charge in [-0.3, -0.25) is 24.6 Å². The van der Waals surface area contributed by atoms with E-state index in [9.17, 15) is 19.7 Å². The Morgan fingerprint density at radius 1 is 1.06 bits per heavy atom. The highest BCUT2D eigenvalue weighted by Gasteiger charge is 2.44. The summed E-state index contributed by atoms with van der Waals surface area (Å²) in [5, 5.41) is 11.0. The molecule has 0 fully saturated rings. The van der Waals surface area contributed by atoms with Crippen LogP contribution in [0, 0.1) is 15.5 Å². The van der Waals surface area contributed by atoms with Gasteiger partial charge in [-0.15, -0.1) is 0 Å². The molecule has 1 aliphatic heterocycles. The summed E-state index contributed by atoms with van der Waals surface area (Å²) in [6.07, 6.45) is 2.00. The number of ketones is 1. The Morgan fingerprint density at radius 3 is 2.39 bits per heavy atom. The molecule has 4 rings (SSSR count). The quantitative estimate of drug-likeness (QED) is 0.497. The minimum Gasteiger partial charge on any atom is -0.294 e. The normalized spacial score (nSPS) is 20.6. The van der Waals surface area contributed by atoms with E-state index in [1.807, 2.05) is 24.3 Å². The number of nitrogens with zero attached hydrogens (tertiary/aromatic N) is 2. The second-order valence-electron chi connectivity index (χ2n) is 9.12. The number of para-hydroxylation sites is 1. The molecule has 6 heteroatoms. The summed E-state index contributed by atoms with van der Waals surface area (Å²) >= 11 is 0. The predicted octanol–water partition coefficient (Wildman–Crippen LogP) is 5.32. The SMILES string of the molecule is CCc1ccccc1N1C(=O)CC(c2ccc([N+](=O)[O-])cc2)C2=C1CC(C)(C)CC2=O. The number of anilines is 1. The van der Waals surface area contributed by atoms with Crippen molar-refractivity contribution in [1.82, 2.24) is 0 Å². The van der Waals surface area contributed by atoms with Crippen LogP contribution < -0.4 is 4.90 Å². The van der Waals surface area contributed by atoms with Crippen LogP contribution in [0.5, 0.6) is 0 Å². The summed E-state index contributed by atoms with van der Waals surface area (Å²) in [6.45, 7) is 6.16. The second kappa shape index (κ2) is 7.76. The number of hydrogen-bond donors (Lipinski definition) is 0. The molecule has 31 heavy (non-hydrogen) atoms. The smallest absolute Gasteiger partial charge is 0.269 e. The molecule has 0 bridgehead atoms. The van der Waals surface area contributed by atoms with Gasteiger partial charge in [-0.1, -0.05) is 51.1 Å². The average molecular weight is 418 g/mol. The minimum atomic E-state index is -0.446. The van der Waals surface area contributed by atoms with E-state index in [-0.39, 0.29) is 35.1 Å². The summed E-state index contributed by atoms with van der Waals surface area (Å²) in [5.74, 6) is -0.369. The molecule has 1 unspecified atom stereocenters. The van der Waals surface area contributed by atoms with Crippen LogP contribution in [0.15, 0.2) is 59.8 Å². The Kier molecular flexibility index (Phi) is 5.25. The maximum Gasteiger partial charge on any atom is 0.269 e. The van der Waals surface area contributed by atoms with Crippen molar-refractivity contribution in [3.63, 3.8) is 0 Å². The van der Waals surface area contributed by atoms with Crippen molar-refractivity contribution < 1.29 is 14.5 Å². The van der Waals surface area contributed by atoms with E-state index in [1.54, 1.807) is 17.0 Å². The first-order chi connectivity index (χ1) is 14.7. The Hall–Kier alpha value is -3.28. The lowest BCUT2D eigenvalue weighted by atomic mass is 9.69. The number of hydrogen-bond acceptors (Lipinski definition) is 4. The van der Waals surface area contributed by atoms with Crippen LogP contribution >= 0.6 is 0 Å². The molecule has 0 saturated carbocycles. The third-order valence-electron chi connectivity index (χ3n) is 6.26. The number of nitro groups is 1. The van der Waals surface area contributed by atoms with Gasteiger partial charge in [-0.25, -0.2) is 0 Å². The highest BCUT2D eigenvalue weighted by atomic mass is 16.6. The topological polar surface area (TPSA) is 80.5 Å². The molecular formula is C25H26N2O4. The molecule has 1 atom stereocenters. The number of nitro benzene ring substituents is 1. The van der Waals surface area contributed by atoms with Crippen molar-refractivity contribution in [2.24, 2.45) is 5.41 Å². The minimum absolute atomic E-state index is 0.00491. The lowest BCUT2D eigenvalue weighted by Crippen LogP contribution is -2.44. The van der Waals surface area contributed by atoms with E-state index in [0.717, 1.165) is 28.9 Å². The maximum absolute atomic E-state index is 13.5. The van der Waals surface area contributed by atoms with Gasteiger partial charge in [0, 0.05) is 42.2 Å². The number of carbonyl (C=O) groups excluding carboxylic acids is 2. The van der Waals surface area contributed by atoms with Crippen LogP contribution in [0.1, 0.15) is 57.1 Å². The van der Waals surface area contributed by atoms with Gasteiger partial charge in [0.05, 0.1) is 10.6 Å². The van der Waals surface area contributed by atoms with Crippen molar-refractivity contribution in [1.29, 1.82) is 0 Å². The van der Waals surface area contributed by atoms with Crippen molar-refractivity contribution in [2.45, 2.75) is 52.4 Å². The number of carbonyl (C=O) groups is 2. The van der Waals surface area contributed by atoms with E-state index in [4.69, 9.17) is 0 Å². The third kappa shape index (κ3) is 3.78. The lowest BCUT2D eigenvalue weighted by Gasteiger charge is -2.43. The van der Waals surface area contributed by atoms with Crippen molar-refractivity contribution >= 4 is 23.1 Å². The van der Waals surface area contributed by atoms with Crippen molar-refractivity contribution in [3.05, 3.63) is 81.0 Å². The van der Waals surface area contributed by atoms with Crippen LogP contribution in [-0.2, 0) is 16.0 Å². The fourth-order valence-corrected chi connectivity index (χ4v) is 4.84. The Bertz CT molecular complexity index is 1100.